The molecule has 1 fully saturated rings. The molecular weight excluding hydrogens is 293 g/mol. The molecule has 1 N–H and O–H groups in total. The molecular formula is C19H20FNO2. The number of rotatable bonds is 4. The molecule has 2 atom stereocenters. The first kappa shape index (κ1) is 15.7. The zero-order chi connectivity index (χ0) is 16.4. The highest BCUT2D eigenvalue weighted by molar-refractivity contribution is 5.74. The maximum absolute atomic E-state index is 14.4. The van der Waals surface area contributed by atoms with E-state index in [0.717, 1.165) is 17.5 Å². The van der Waals surface area contributed by atoms with Crippen LogP contribution >= 0.6 is 0 Å². The number of benzene rings is 2. The molecule has 3 rings (SSSR count). The summed E-state index contributed by atoms with van der Waals surface area (Å²) in [7, 11) is 0. The smallest absolute Gasteiger partial charge is 0.320 e. The Morgan fingerprint density at radius 2 is 1.91 bits per heavy atom. The van der Waals surface area contributed by atoms with E-state index in [4.69, 9.17) is 0 Å². The van der Waals surface area contributed by atoms with Crippen molar-refractivity contribution >= 4 is 5.97 Å². The van der Waals surface area contributed by atoms with Crippen molar-refractivity contribution in [3.05, 3.63) is 71.0 Å². The van der Waals surface area contributed by atoms with Crippen molar-refractivity contribution < 1.29 is 14.3 Å². The van der Waals surface area contributed by atoms with Gasteiger partial charge in [-0.1, -0.05) is 48.0 Å². The Balaban J connectivity index is 2.08. The quantitative estimate of drug-likeness (QED) is 0.934. The summed E-state index contributed by atoms with van der Waals surface area (Å²) in [5.41, 5.74) is 2.58. The van der Waals surface area contributed by atoms with Crippen molar-refractivity contribution in [1.82, 2.24) is 4.90 Å². The van der Waals surface area contributed by atoms with Crippen molar-refractivity contribution in [1.29, 1.82) is 0 Å². The van der Waals surface area contributed by atoms with E-state index in [1.54, 1.807) is 18.2 Å². The Morgan fingerprint density at radius 1 is 1.22 bits per heavy atom. The Morgan fingerprint density at radius 3 is 2.57 bits per heavy atom. The van der Waals surface area contributed by atoms with E-state index in [1.165, 1.54) is 6.07 Å². The fourth-order valence-electron chi connectivity index (χ4n) is 3.36. The third-order valence-electron chi connectivity index (χ3n) is 4.50. The summed E-state index contributed by atoms with van der Waals surface area (Å²) < 4.78 is 14.4. The summed E-state index contributed by atoms with van der Waals surface area (Å²) in [5, 5.41) is 9.50. The minimum absolute atomic E-state index is 0.297. The second-order valence-electron chi connectivity index (χ2n) is 6.07. The highest BCUT2D eigenvalue weighted by atomic mass is 19.1. The number of aryl methyl sites for hydroxylation is 1. The zero-order valence-electron chi connectivity index (χ0n) is 13.1. The summed E-state index contributed by atoms with van der Waals surface area (Å²) in [6, 6.07) is 13.6. The molecule has 1 aliphatic heterocycles. The third kappa shape index (κ3) is 3.13. The van der Waals surface area contributed by atoms with Gasteiger partial charge >= 0.3 is 5.97 Å². The van der Waals surface area contributed by atoms with Gasteiger partial charge in [-0.3, -0.25) is 9.69 Å². The molecule has 0 amide bonds. The number of aliphatic carboxylic acids is 1. The summed E-state index contributed by atoms with van der Waals surface area (Å²) in [5.74, 6) is -1.13. The van der Waals surface area contributed by atoms with E-state index in [-0.39, 0.29) is 11.9 Å². The van der Waals surface area contributed by atoms with Gasteiger partial charge in [-0.05, 0) is 31.4 Å². The Labute approximate surface area is 135 Å². The predicted molar refractivity (Wildman–Crippen MR) is 86.8 cm³/mol. The van der Waals surface area contributed by atoms with Crippen LogP contribution in [0.2, 0.25) is 0 Å². The lowest BCUT2D eigenvalue weighted by Gasteiger charge is -2.32. The van der Waals surface area contributed by atoms with Crippen molar-refractivity contribution in [2.24, 2.45) is 0 Å². The van der Waals surface area contributed by atoms with Gasteiger partial charge in [-0.25, -0.2) is 4.39 Å². The van der Waals surface area contributed by atoms with Gasteiger partial charge in [0.1, 0.15) is 11.9 Å². The van der Waals surface area contributed by atoms with Crippen LogP contribution in [-0.4, -0.2) is 28.6 Å². The molecule has 0 spiro atoms. The van der Waals surface area contributed by atoms with Crippen LogP contribution < -0.4 is 0 Å². The lowest BCUT2D eigenvalue weighted by Crippen LogP contribution is -2.39. The minimum atomic E-state index is -0.837. The molecule has 3 nitrogen and oxygen atoms in total. The normalized spacial score (nSPS) is 19.7. The van der Waals surface area contributed by atoms with Crippen molar-refractivity contribution in [3.63, 3.8) is 0 Å². The fraction of sp³-hybridized carbons (Fsp3) is 0.316. The van der Waals surface area contributed by atoms with Crippen LogP contribution in [0, 0.1) is 12.7 Å². The Hall–Kier alpha value is -2.20. The molecule has 0 radical (unpaired) electrons. The standard InChI is InChI=1S/C19H20FNO2/c1-13-8-10-14(11-9-13)18(15-5-2-3-6-16(15)20)21-12-4-7-17(21)19(22)23/h2-3,5-6,8-11,17-18H,4,7,12H2,1H3,(H,22,23). The first-order chi connectivity index (χ1) is 11.1. The monoisotopic (exact) mass is 313 g/mol. The second-order valence-corrected chi connectivity index (χ2v) is 6.07. The molecule has 2 aromatic carbocycles. The van der Waals surface area contributed by atoms with Crippen LogP contribution in [0.5, 0.6) is 0 Å². The lowest BCUT2D eigenvalue weighted by atomic mass is 9.95. The number of halogens is 1. The van der Waals surface area contributed by atoms with Crippen molar-refractivity contribution in [2.75, 3.05) is 6.54 Å². The second kappa shape index (κ2) is 6.50. The average molecular weight is 313 g/mol. The number of hydrogen-bond acceptors (Lipinski definition) is 2. The van der Waals surface area contributed by atoms with Gasteiger partial charge in [0.15, 0.2) is 0 Å². The van der Waals surface area contributed by atoms with E-state index in [1.807, 2.05) is 36.1 Å². The minimum Gasteiger partial charge on any atom is -0.480 e. The first-order valence-corrected chi connectivity index (χ1v) is 7.87. The van der Waals surface area contributed by atoms with Crippen LogP contribution in [-0.2, 0) is 4.79 Å². The molecule has 1 saturated heterocycles. The molecule has 0 aromatic heterocycles. The number of carboxylic acids is 1. The summed E-state index contributed by atoms with van der Waals surface area (Å²) in [4.78, 5) is 13.5. The first-order valence-electron chi connectivity index (χ1n) is 7.87. The average Bonchev–Trinajstić information content (AvgIpc) is 3.01. The zero-order valence-corrected chi connectivity index (χ0v) is 13.1. The van der Waals surface area contributed by atoms with Crippen molar-refractivity contribution in [3.8, 4) is 0 Å². The molecule has 4 heteroatoms. The van der Waals surface area contributed by atoms with Crippen LogP contribution in [0.1, 0.15) is 35.6 Å². The number of carbonyl (C=O) groups is 1. The number of carboxylic acid groups (broad SMARTS) is 1. The molecule has 1 aliphatic rings. The maximum atomic E-state index is 14.4. The number of likely N-dealkylation sites (tertiary alicyclic amines) is 1. The van der Waals surface area contributed by atoms with Crippen LogP contribution in [0.25, 0.3) is 0 Å². The fourth-order valence-corrected chi connectivity index (χ4v) is 3.36. The van der Waals surface area contributed by atoms with Gasteiger partial charge in [0, 0.05) is 12.1 Å². The van der Waals surface area contributed by atoms with Gasteiger partial charge in [0.25, 0.3) is 0 Å². The molecule has 0 saturated carbocycles. The topological polar surface area (TPSA) is 40.5 Å². The molecule has 0 aliphatic carbocycles. The van der Waals surface area contributed by atoms with Gasteiger partial charge in [0.2, 0.25) is 0 Å². The molecule has 1 heterocycles. The predicted octanol–water partition coefficient (Wildman–Crippen LogP) is 3.77. The van der Waals surface area contributed by atoms with Gasteiger partial charge < -0.3 is 5.11 Å². The van der Waals surface area contributed by atoms with Gasteiger partial charge in [-0.15, -0.1) is 0 Å². The summed E-state index contributed by atoms with van der Waals surface area (Å²) >= 11 is 0. The molecule has 120 valence electrons. The van der Waals surface area contributed by atoms with Gasteiger partial charge in [-0.2, -0.15) is 0 Å². The van der Waals surface area contributed by atoms with E-state index in [2.05, 4.69) is 0 Å². The summed E-state index contributed by atoms with van der Waals surface area (Å²) in [6.45, 7) is 2.65. The Kier molecular flexibility index (Phi) is 4.44. The Bertz CT molecular complexity index is 699. The highest BCUT2D eigenvalue weighted by Crippen LogP contribution is 2.36. The van der Waals surface area contributed by atoms with E-state index >= 15 is 0 Å². The summed E-state index contributed by atoms with van der Waals surface area (Å²) in [6.07, 6.45) is 1.42. The molecule has 2 unspecified atom stereocenters. The van der Waals surface area contributed by atoms with Crippen LogP contribution in [0.15, 0.2) is 48.5 Å². The lowest BCUT2D eigenvalue weighted by molar-refractivity contribution is -0.142. The van der Waals surface area contributed by atoms with E-state index in [0.29, 0.717) is 18.5 Å². The molecule has 0 bridgehead atoms. The number of hydrogen-bond donors (Lipinski definition) is 1. The van der Waals surface area contributed by atoms with E-state index < -0.39 is 12.0 Å². The van der Waals surface area contributed by atoms with Crippen molar-refractivity contribution in [2.45, 2.75) is 31.8 Å². The highest BCUT2D eigenvalue weighted by Gasteiger charge is 2.37. The SMILES string of the molecule is Cc1ccc(C(c2ccccc2F)N2CCCC2C(=O)O)cc1. The van der Waals surface area contributed by atoms with E-state index in [9.17, 15) is 14.3 Å². The third-order valence-corrected chi connectivity index (χ3v) is 4.50. The molecule has 2 aromatic rings. The van der Waals surface area contributed by atoms with Gasteiger partial charge in [0.05, 0.1) is 6.04 Å². The molecule has 23 heavy (non-hydrogen) atoms. The van der Waals surface area contributed by atoms with Crippen LogP contribution in [0.3, 0.4) is 0 Å². The van der Waals surface area contributed by atoms with Crippen LogP contribution in [0.4, 0.5) is 4.39 Å². The largest absolute Gasteiger partial charge is 0.480 e. The number of nitrogens with zero attached hydrogens (tertiary/aromatic N) is 1. The maximum Gasteiger partial charge on any atom is 0.320 e.